The van der Waals surface area contributed by atoms with Gasteiger partial charge in [0.05, 0.1) is 16.6 Å². The van der Waals surface area contributed by atoms with Gasteiger partial charge in [0.1, 0.15) is 12.4 Å². The maximum atomic E-state index is 12.7. The Morgan fingerprint density at radius 2 is 1.79 bits per heavy atom. The van der Waals surface area contributed by atoms with E-state index >= 15 is 0 Å². The second-order valence-electron chi connectivity index (χ2n) is 8.35. The molecule has 1 atom stereocenters. The van der Waals surface area contributed by atoms with E-state index in [0.29, 0.717) is 34.6 Å². The standard InChI is InChI=1S/C26H25Cl2N3O3/c1-16-3-9-22(11-17(16)2)31-14-19(12-25(31)32)26(33)30-29-21-8-10-24(23(28)13-21)34-15-18-4-6-20(27)7-5-18/h3-11,13,19,29H,12,14-15H2,1-2H3,(H,30,33)/t19-/m0/s1. The third kappa shape index (κ3) is 5.64. The normalized spacial score (nSPS) is 15.4. The predicted molar refractivity (Wildman–Crippen MR) is 135 cm³/mol. The third-order valence-corrected chi connectivity index (χ3v) is 6.41. The Hall–Kier alpha value is -3.22. The van der Waals surface area contributed by atoms with Crippen LogP contribution >= 0.6 is 23.2 Å². The molecule has 0 bridgehead atoms. The highest BCUT2D eigenvalue weighted by molar-refractivity contribution is 6.32. The van der Waals surface area contributed by atoms with Gasteiger partial charge in [-0.2, -0.15) is 0 Å². The van der Waals surface area contributed by atoms with E-state index in [1.807, 2.05) is 44.2 Å². The Labute approximate surface area is 208 Å². The largest absolute Gasteiger partial charge is 0.487 e. The van der Waals surface area contributed by atoms with Gasteiger partial charge in [0.25, 0.3) is 0 Å². The van der Waals surface area contributed by atoms with E-state index in [4.69, 9.17) is 27.9 Å². The number of aryl methyl sites for hydroxylation is 2. The summed E-state index contributed by atoms with van der Waals surface area (Å²) < 4.78 is 5.77. The van der Waals surface area contributed by atoms with Gasteiger partial charge < -0.3 is 9.64 Å². The first-order chi connectivity index (χ1) is 16.3. The molecule has 2 amide bonds. The summed E-state index contributed by atoms with van der Waals surface area (Å²) in [6.45, 7) is 4.73. The minimum Gasteiger partial charge on any atom is -0.487 e. The quantitative estimate of drug-likeness (QED) is 0.411. The van der Waals surface area contributed by atoms with Crippen molar-refractivity contribution in [2.75, 3.05) is 16.9 Å². The molecular formula is C26H25Cl2N3O3. The zero-order chi connectivity index (χ0) is 24.2. The van der Waals surface area contributed by atoms with Crippen LogP contribution in [0.1, 0.15) is 23.1 Å². The van der Waals surface area contributed by atoms with Crippen molar-refractivity contribution in [1.29, 1.82) is 0 Å². The predicted octanol–water partition coefficient (Wildman–Crippen LogP) is 5.69. The van der Waals surface area contributed by atoms with Gasteiger partial charge in [-0.1, -0.05) is 41.4 Å². The number of amides is 2. The van der Waals surface area contributed by atoms with Crippen molar-refractivity contribution in [3.63, 3.8) is 0 Å². The molecule has 0 aliphatic carbocycles. The van der Waals surface area contributed by atoms with Crippen LogP contribution in [-0.2, 0) is 16.2 Å². The molecule has 1 aliphatic heterocycles. The molecule has 3 aromatic rings. The summed E-state index contributed by atoms with van der Waals surface area (Å²) in [5, 5.41) is 1.07. The Kier molecular flexibility index (Phi) is 7.29. The van der Waals surface area contributed by atoms with Crippen LogP contribution in [0.5, 0.6) is 5.75 Å². The number of hydrogen-bond donors (Lipinski definition) is 2. The Morgan fingerprint density at radius 1 is 1.03 bits per heavy atom. The lowest BCUT2D eigenvalue weighted by Gasteiger charge is -2.18. The number of carbonyl (C=O) groups is 2. The molecule has 8 heteroatoms. The van der Waals surface area contributed by atoms with Crippen LogP contribution in [0.4, 0.5) is 11.4 Å². The molecule has 3 aromatic carbocycles. The van der Waals surface area contributed by atoms with E-state index < -0.39 is 5.92 Å². The smallest absolute Gasteiger partial charge is 0.243 e. The maximum Gasteiger partial charge on any atom is 0.243 e. The van der Waals surface area contributed by atoms with Crippen molar-refractivity contribution in [2.24, 2.45) is 5.92 Å². The lowest BCUT2D eigenvalue weighted by molar-refractivity contribution is -0.125. The number of hydrazine groups is 1. The van der Waals surface area contributed by atoms with E-state index in [2.05, 4.69) is 10.9 Å². The summed E-state index contributed by atoms with van der Waals surface area (Å²) in [5.74, 6) is -0.231. The minimum absolute atomic E-state index is 0.0614. The Morgan fingerprint density at radius 3 is 2.50 bits per heavy atom. The molecule has 1 fully saturated rings. The molecule has 0 aromatic heterocycles. The van der Waals surface area contributed by atoms with Gasteiger partial charge in [-0.15, -0.1) is 0 Å². The topological polar surface area (TPSA) is 70.7 Å². The lowest BCUT2D eigenvalue weighted by atomic mass is 10.1. The number of anilines is 2. The number of benzene rings is 3. The van der Waals surface area contributed by atoms with Crippen molar-refractivity contribution >= 4 is 46.4 Å². The molecule has 176 valence electrons. The molecule has 0 saturated carbocycles. The summed E-state index contributed by atoms with van der Waals surface area (Å²) in [7, 11) is 0. The molecule has 1 saturated heterocycles. The molecule has 34 heavy (non-hydrogen) atoms. The fraction of sp³-hybridized carbons (Fsp3) is 0.231. The fourth-order valence-corrected chi connectivity index (χ4v) is 4.06. The van der Waals surface area contributed by atoms with Crippen molar-refractivity contribution in [3.8, 4) is 5.75 Å². The zero-order valence-corrected chi connectivity index (χ0v) is 20.4. The Balaban J connectivity index is 1.31. The van der Waals surface area contributed by atoms with Gasteiger partial charge in [-0.05, 0) is 73.0 Å². The van der Waals surface area contributed by atoms with Crippen molar-refractivity contribution < 1.29 is 14.3 Å². The molecule has 0 unspecified atom stereocenters. The molecular weight excluding hydrogens is 473 g/mol. The number of rotatable bonds is 7. The van der Waals surface area contributed by atoms with E-state index in [9.17, 15) is 9.59 Å². The van der Waals surface area contributed by atoms with E-state index in [0.717, 1.165) is 22.4 Å². The first-order valence-corrected chi connectivity index (χ1v) is 11.7. The Bertz CT molecular complexity index is 1210. The summed E-state index contributed by atoms with van der Waals surface area (Å²) in [5.41, 5.74) is 10.2. The zero-order valence-electron chi connectivity index (χ0n) is 18.9. The van der Waals surface area contributed by atoms with E-state index in [1.54, 1.807) is 35.2 Å². The summed E-state index contributed by atoms with van der Waals surface area (Å²) in [6, 6.07) is 18.4. The van der Waals surface area contributed by atoms with Crippen LogP contribution in [0.25, 0.3) is 0 Å². The highest BCUT2D eigenvalue weighted by Crippen LogP contribution is 2.29. The van der Waals surface area contributed by atoms with Crippen LogP contribution < -0.4 is 20.5 Å². The summed E-state index contributed by atoms with van der Waals surface area (Å²) in [6.07, 6.45) is 0.165. The van der Waals surface area contributed by atoms with Crippen LogP contribution in [-0.4, -0.2) is 18.4 Å². The average molecular weight is 498 g/mol. The second-order valence-corrected chi connectivity index (χ2v) is 9.19. The molecule has 4 rings (SSSR count). The van der Waals surface area contributed by atoms with Crippen LogP contribution in [0.3, 0.4) is 0 Å². The molecule has 1 aliphatic rings. The highest BCUT2D eigenvalue weighted by atomic mass is 35.5. The molecule has 0 spiro atoms. The van der Waals surface area contributed by atoms with Crippen molar-refractivity contribution in [2.45, 2.75) is 26.9 Å². The first-order valence-electron chi connectivity index (χ1n) is 10.9. The van der Waals surface area contributed by atoms with Crippen molar-refractivity contribution in [1.82, 2.24) is 5.43 Å². The number of halogens is 2. The monoisotopic (exact) mass is 497 g/mol. The number of nitrogens with zero attached hydrogens (tertiary/aromatic N) is 1. The number of carbonyl (C=O) groups excluding carboxylic acids is 2. The van der Waals surface area contributed by atoms with Crippen molar-refractivity contribution in [3.05, 3.63) is 87.4 Å². The number of nitrogens with one attached hydrogen (secondary N) is 2. The van der Waals surface area contributed by atoms with E-state index in [1.165, 1.54) is 0 Å². The second kappa shape index (κ2) is 10.4. The summed E-state index contributed by atoms with van der Waals surface area (Å²) in [4.78, 5) is 26.9. The van der Waals surface area contributed by atoms with Gasteiger partial charge in [-0.25, -0.2) is 0 Å². The lowest BCUT2D eigenvalue weighted by Crippen LogP contribution is -2.36. The van der Waals surface area contributed by atoms with Gasteiger partial charge in [0.15, 0.2) is 0 Å². The van der Waals surface area contributed by atoms with Crippen LogP contribution in [0, 0.1) is 19.8 Å². The van der Waals surface area contributed by atoms with Crippen LogP contribution in [0.2, 0.25) is 10.0 Å². The minimum atomic E-state index is -0.445. The van der Waals surface area contributed by atoms with Gasteiger partial charge in [0.2, 0.25) is 11.8 Å². The molecule has 1 heterocycles. The highest BCUT2D eigenvalue weighted by Gasteiger charge is 2.35. The van der Waals surface area contributed by atoms with E-state index in [-0.39, 0.29) is 18.2 Å². The van der Waals surface area contributed by atoms with Gasteiger partial charge in [0, 0.05) is 23.7 Å². The fourth-order valence-electron chi connectivity index (χ4n) is 3.70. The molecule has 2 N–H and O–H groups in total. The number of ether oxygens (including phenoxy) is 1. The molecule has 6 nitrogen and oxygen atoms in total. The average Bonchev–Trinajstić information content (AvgIpc) is 3.21. The maximum absolute atomic E-state index is 12.7. The van der Waals surface area contributed by atoms with Gasteiger partial charge in [-0.3, -0.25) is 20.4 Å². The SMILES string of the molecule is Cc1ccc(N2C[C@@H](C(=O)NNc3ccc(OCc4ccc(Cl)cc4)c(Cl)c3)CC2=O)cc1C. The van der Waals surface area contributed by atoms with Crippen LogP contribution in [0.15, 0.2) is 60.7 Å². The first kappa shape index (κ1) is 23.9. The summed E-state index contributed by atoms with van der Waals surface area (Å²) >= 11 is 12.2. The van der Waals surface area contributed by atoms with Gasteiger partial charge >= 0.3 is 0 Å². The number of hydrogen-bond acceptors (Lipinski definition) is 4. The third-order valence-electron chi connectivity index (χ3n) is 5.87. The molecule has 0 radical (unpaired) electrons.